The molecule has 0 spiro atoms. The molecule has 0 bridgehead atoms. The van der Waals surface area contributed by atoms with Crippen molar-refractivity contribution in [3.8, 4) is 0 Å². The van der Waals surface area contributed by atoms with Crippen molar-refractivity contribution in [1.82, 2.24) is 5.32 Å². The number of ketones is 1. The van der Waals surface area contributed by atoms with Crippen molar-refractivity contribution in [2.45, 2.75) is 46.3 Å². The number of alkyl carbamates (subject to hydrolysis) is 1. The van der Waals surface area contributed by atoms with Gasteiger partial charge in [0.05, 0.1) is 0 Å². The first-order valence-corrected chi connectivity index (χ1v) is 8.37. The number of rotatable bonds is 5. The van der Waals surface area contributed by atoms with Gasteiger partial charge in [0.2, 0.25) is 0 Å². The second kappa shape index (κ2) is 7.97. The Kier molecular flexibility index (Phi) is 5.97. The molecule has 0 fully saturated rings. The number of hydrogen-bond acceptors (Lipinski definition) is 3. The summed E-state index contributed by atoms with van der Waals surface area (Å²) in [5, 5.41) is 2.71. The first kappa shape index (κ1) is 18.7. The van der Waals surface area contributed by atoms with Crippen LogP contribution in [0.1, 0.15) is 47.8 Å². The second-order valence-electron chi connectivity index (χ2n) is 7.14. The van der Waals surface area contributed by atoms with Gasteiger partial charge in [-0.2, -0.15) is 0 Å². The molecule has 0 atom stereocenters. The van der Waals surface area contributed by atoms with Crippen LogP contribution < -0.4 is 5.32 Å². The van der Waals surface area contributed by atoms with Crippen LogP contribution in [0.2, 0.25) is 0 Å². The zero-order chi connectivity index (χ0) is 18.4. The molecule has 0 radical (unpaired) electrons. The Hall–Kier alpha value is -2.62. The van der Waals surface area contributed by atoms with Crippen molar-refractivity contribution in [3.05, 3.63) is 70.8 Å². The lowest BCUT2D eigenvalue weighted by molar-refractivity contribution is 0.0523. The van der Waals surface area contributed by atoms with Crippen LogP contribution in [0.25, 0.3) is 0 Å². The zero-order valence-electron chi connectivity index (χ0n) is 15.3. The predicted octanol–water partition coefficient (Wildman–Crippen LogP) is 4.45. The van der Waals surface area contributed by atoms with Crippen LogP contribution in [-0.4, -0.2) is 17.5 Å². The lowest BCUT2D eigenvalue weighted by Gasteiger charge is -2.19. The van der Waals surface area contributed by atoms with E-state index in [1.165, 1.54) is 5.56 Å². The van der Waals surface area contributed by atoms with Crippen LogP contribution in [-0.2, 0) is 17.7 Å². The fourth-order valence-corrected chi connectivity index (χ4v) is 2.34. The summed E-state index contributed by atoms with van der Waals surface area (Å²) >= 11 is 0. The summed E-state index contributed by atoms with van der Waals surface area (Å²) in [6.07, 6.45) is -0.104. The van der Waals surface area contributed by atoms with E-state index in [1.54, 1.807) is 6.07 Å². The molecule has 4 nitrogen and oxygen atoms in total. The molecular weight excluding hydrogens is 314 g/mol. The van der Waals surface area contributed by atoms with Gasteiger partial charge < -0.3 is 10.1 Å². The van der Waals surface area contributed by atoms with Gasteiger partial charge in [0.15, 0.2) is 5.78 Å². The van der Waals surface area contributed by atoms with Crippen molar-refractivity contribution >= 4 is 11.9 Å². The predicted molar refractivity (Wildman–Crippen MR) is 98.7 cm³/mol. The highest BCUT2D eigenvalue weighted by Crippen LogP contribution is 2.12. The lowest BCUT2D eigenvalue weighted by atomic mass is 10.0. The molecule has 0 aliphatic heterocycles. The molecule has 0 heterocycles. The summed E-state index contributed by atoms with van der Waals surface area (Å²) in [5.74, 6) is 0.0583. The third-order valence-electron chi connectivity index (χ3n) is 3.57. The number of nitrogens with one attached hydrogen (secondary N) is 1. The van der Waals surface area contributed by atoms with E-state index in [-0.39, 0.29) is 5.78 Å². The van der Waals surface area contributed by atoms with Gasteiger partial charge in [0.25, 0.3) is 0 Å². The molecule has 25 heavy (non-hydrogen) atoms. The molecule has 2 aromatic carbocycles. The lowest BCUT2D eigenvalue weighted by Crippen LogP contribution is -2.32. The smallest absolute Gasteiger partial charge is 0.407 e. The number of carbonyl (C=O) groups excluding carboxylic acids is 2. The Bertz CT molecular complexity index is 742. The van der Waals surface area contributed by atoms with Crippen molar-refractivity contribution < 1.29 is 14.3 Å². The Morgan fingerprint density at radius 1 is 1.00 bits per heavy atom. The van der Waals surface area contributed by atoms with E-state index >= 15 is 0 Å². The molecule has 0 saturated carbocycles. The van der Waals surface area contributed by atoms with Crippen molar-refractivity contribution in [2.75, 3.05) is 0 Å². The maximum absolute atomic E-state index is 12.5. The van der Waals surface area contributed by atoms with Gasteiger partial charge in [0.1, 0.15) is 5.60 Å². The summed E-state index contributed by atoms with van der Waals surface area (Å²) in [4.78, 5) is 24.2. The van der Waals surface area contributed by atoms with Crippen molar-refractivity contribution in [1.29, 1.82) is 0 Å². The average Bonchev–Trinajstić information content (AvgIpc) is 2.54. The van der Waals surface area contributed by atoms with Gasteiger partial charge in [-0.15, -0.1) is 0 Å². The van der Waals surface area contributed by atoms with Crippen molar-refractivity contribution in [2.24, 2.45) is 0 Å². The summed E-state index contributed by atoms with van der Waals surface area (Å²) in [7, 11) is 0. The molecule has 0 saturated heterocycles. The fourth-order valence-electron chi connectivity index (χ4n) is 2.34. The molecule has 1 N–H and O–H groups in total. The van der Waals surface area contributed by atoms with E-state index in [2.05, 4.69) is 5.32 Å². The SMILES string of the molecule is Cc1ccc(CC(=O)c2cccc(CNC(=O)OC(C)(C)C)c2)cc1. The number of Topliss-reactive ketones (excluding diaryl/α,β-unsaturated/α-hetero) is 1. The molecule has 2 rings (SSSR count). The molecule has 0 aromatic heterocycles. The fraction of sp³-hybridized carbons (Fsp3) is 0.333. The molecule has 4 heteroatoms. The first-order chi connectivity index (χ1) is 11.7. The number of benzene rings is 2. The highest BCUT2D eigenvalue weighted by atomic mass is 16.6. The Morgan fingerprint density at radius 2 is 1.68 bits per heavy atom. The van der Waals surface area contributed by atoms with Crippen LogP contribution in [0, 0.1) is 6.92 Å². The third-order valence-corrected chi connectivity index (χ3v) is 3.57. The Balaban J connectivity index is 1.97. The minimum atomic E-state index is -0.532. The van der Waals surface area contributed by atoms with Crippen LogP contribution in [0.15, 0.2) is 48.5 Å². The van der Waals surface area contributed by atoms with Crippen LogP contribution in [0.3, 0.4) is 0 Å². The van der Waals surface area contributed by atoms with E-state index in [9.17, 15) is 9.59 Å². The molecule has 0 aliphatic rings. The molecule has 2 aromatic rings. The van der Waals surface area contributed by atoms with Gasteiger partial charge in [0, 0.05) is 18.5 Å². The number of ether oxygens (including phenoxy) is 1. The number of hydrogen-bond donors (Lipinski definition) is 1. The van der Waals surface area contributed by atoms with Crippen LogP contribution in [0.5, 0.6) is 0 Å². The average molecular weight is 339 g/mol. The molecule has 0 aliphatic carbocycles. The Morgan fingerprint density at radius 3 is 2.32 bits per heavy atom. The number of amides is 1. The molecular formula is C21H25NO3. The molecule has 1 amide bonds. The number of aryl methyl sites for hydroxylation is 1. The van der Waals surface area contributed by atoms with Crippen LogP contribution >= 0.6 is 0 Å². The summed E-state index contributed by atoms with van der Waals surface area (Å²) < 4.78 is 5.21. The number of carbonyl (C=O) groups is 2. The van der Waals surface area contributed by atoms with Crippen LogP contribution in [0.4, 0.5) is 4.79 Å². The van der Waals surface area contributed by atoms with E-state index < -0.39 is 11.7 Å². The first-order valence-electron chi connectivity index (χ1n) is 8.37. The van der Waals surface area contributed by atoms with E-state index in [4.69, 9.17) is 4.74 Å². The van der Waals surface area contributed by atoms with Crippen molar-refractivity contribution in [3.63, 3.8) is 0 Å². The summed E-state index contributed by atoms with van der Waals surface area (Å²) in [6, 6.07) is 15.3. The van der Waals surface area contributed by atoms with E-state index in [1.807, 2.05) is 70.2 Å². The van der Waals surface area contributed by atoms with Gasteiger partial charge in [-0.3, -0.25) is 4.79 Å². The monoisotopic (exact) mass is 339 g/mol. The van der Waals surface area contributed by atoms with E-state index in [0.717, 1.165) is 11.1 Å². The minimum Gasteiger partial charge on any atom is -0.444 e. The largest absolute Gasteiger partial charge is 0.444 e. The summed E-state index contributed by atoms with van der Waals surface area (Å²) in [5.41, 5.74) is 3.14. The molecule has 132 valence electrons. The van der Waals surface area contributed by atoms with Gasteiger partial charge in [-0.1, -0.05) is 48.0 Å². The quantitative estimate of drug-likeness (QED) is 0.819. The zero-order valence-corrected chi connectivity index (χ0v) is 15.3. The van der Waals surface area contributed by atoms with Gasteiger partial charge in [-0.05, 0) is 44.9 Å². The normalized spacial score (nSPS) is 11.0. The maximum Gasteiger partial charge on any atom is 0.407 e. The standard InChI is InChI=1S/C21H25NO3/c1-15-8-10-16(11-9-15)13-19(23)18-7-5-6-17(12-18)14-22-20(24)25-21(2,3)4/h5-12H,13-14H2,1-4H3,(H,22,24). The second-order valence-corrected chi connectivity index (χ2v) is 7.14. The topological polar surface area (TPSA) is 55.4 Å². The Labute approximate surface area is 149 Å². The van der Waals surface area contributed by atoms with Gasteiger partial charge in [-0.25, -0.2) is 4.79 Å². The van der Waals surface area contributed by atoms with E-state index in [0.29, 0.717) is 18.5 Å². The highest BCUT2D eigenvalue weighted by molar-refractivity contribution is 5.97. The third kappa shape index (κ3) is 6.42. The minimum absolute atomic E-state index is 0.0583. The maximum atomic E-state index is 12.5. The highest BCUT2D eigenvalue weighted by Gasteiger charge is 2.16. The molecule has 0 unspecified atom stereocenters. The van der Waals surface area contributed by atoms with Gasteiger partial charge >= 0.3 is 6.09 Å². The summed E-state index contributed by atoms with van der Waals surface area (Å²) in [6.45, 7) is 7.79.